The summed E-state index contributed by atoms with van der Waals surface area (Å²) >= 11 is 3.55. The third kappa shape index (κ3) is 4.09. The number of nitrogens with zero attached hydrogens (tertiary/aromatic N) is 3. The summed E-state index contributed by atoms with van der Waals surface area (Å²) in [7, 11) is 0. The molecule has 0 saturated heterocycles. The van der Waals surface area contributed by atoms with Crippen LogP contribution in [0.15, 0.2) is 47.2 Å². The van der Waals surface area contributed by atoms with Gasteiger partial charge in [0.1, 0.15) is 18.8 Å². The van der Waals surface area contributed by atoms with Crippen molar-refractivity contribution < 1.29 is 18.7 Å². The second-order valence-corrected chi connectivity index (χ2v) is 7.33. The molecule has 1 aliphatic heterocycles. The molecule has 150 valence electrons. The molecule has 0 unspecified atom stereocenters. The van der Waals surface area contributed by atoms with Gasteiger partial charge in [-0.25, -0.2) is 9.07 Å². The first-order valence-corrected chi connectivity index (χ1v) is 9.87. The van der Waals surface area contributed by atoms with Crippen molar-refractivity contribution >= 4 is 27.8 Å². The molecule has 29 heavy (non-hydrogen) atoms. The van der Waals surface area contributed by atoms with E-state index in [1.165, 1.54) is 18.5 Å². The van der Waals surface area contributed by atoms with Gasteiger partial charge in [0.15, 0.2) is 11.5 Å². The average Bonchev–Trinajstić information content (AvgIpc) is 3.16. The highest BCUT2D eigenvalue weighted by atomic mass is 79.9. The molecule has 0 bridgehead atoms. The number of carbonyl (C=O) groups is 1. The lowest BCUT2D eigenvalue weighted by Gasteiger charge is -2.25. The van der Waals surface area contributed by atoms with Crippen LogP contribution in [0.5, 0.6) is 11.5 Å². The van der Waals surface area contributed by atoms with Crippen LogP contribution in [0.2, 0.25) is 0 Å². The monoisotopic (exact) mass is 460 g/mol. The van der Waals surface area contributed by atoms with Crippen molar-refractivity contribution in [2.24, 2.45) is 0 Å². The molecule has 3 aromatic rings. The van der Waals surface area contributed by atoms with Crippen LogP contribution in [0.1, 0.15) is 30.5 Å². The zero-order chi connectivity index (χ0) is 20.4. The molecule has 4 rings (SSSR count). The van der Waals surface area contributed by atoms with Gasteiger partial charge in [0.25, 0.3) is 0 Å². The summed E-state index contributed by atoms with van der Waals surface area (Å²) < 4.78 is 27.2. The van der Waals surface area contributed by atoms with E-state index in [2.05, 4.69) is 31.3 Å². The molecule has 1 amide bonds. The van der Waals surface area contributed by atoms with E-state index in [0.717, 1.165) is 11.1 Å². The Morgan fingerprint density at radius 2 is 2.07 bits per heavy atom. The lowest BCUT2D eigenvalue weighted by atomic mass is 10.0. The number of benzene rings is 2. The lowest BCUT2D eigenvalue weighted by molar-refractivity contribution is -0.117. The second kappa shape index (κ2) is 8.20. The Balaban J connectivity index is 1.65. The molecule has 9 heteroatoms. The standard InChI is InChI=1S/C20H18BrFN4O3/c1-2-28-17-8-13(16-9-18(27)25-20-23-11-24-26(16)20)7-15(21)19(17)29-10-12-3-5-14(22)6-4-12/h3-8,11,16H,2,9-10H2,1H3,(H,23,24,25,27)/t16-/m1/s1. The predicted octanol–water partition coefficient (Wildman–Crippen LogP) is 4.09. The van der Waals surface area contributed by atoms with Gasteiger partial charge in [0.2, 0.25) is 11.9 Å². The third-order valence-electron chi connectivity index (χ3n) is 4.51. The fraction of sp³-hybridized carbons (Fsp3) is 0.250. The van der Waals surface area contributed by atoms with E-state index < -0.39 is 0 Å². The molecule has 7 nitrogen and oxygen atoms in total. The minimum Gasteiger partial charge on any atom is -0.490 e. The summed E-state index contributed by atoms with van der Waals surface area (Å²) in [6, 6.07) is 9.56. The van der Waals surface area contributed by atoms with E-state index >= 15 is 0 Å². The maximum absolute atomic E-state index is 13.1. The van der Waals surface area contributed by atoms with Gasteiger partial charge in [0.05, 0.1) is 23.5 Å². The van der Waals surface area contributed by atoms with Crippen LogP contribution >= 0.6 is 15.9 Å². The zero-order valence-corrected chi connectivity index (χ0v) is 17.1. The van der Waals surface area contributed by atoms with Crippen LogP contribution in [0.3, 0.4) is 0 Å². The highest BCUT2D eigenvalue weighted by Crippen LogP contribution is 2.41. The van der Waals surface area contributed by atoms with Crippen LogP contribution < -0.4 is 14.8 Å². The summed E-state index contributed by atoms with van der Waals surface area (Å²) in [5.41, 5.74) is 1.68. The van der Waals surface area contributed by atoms with E-state index in [-0.39, 0.29) is 30.8 Å². The van der Waals surface area contributed by atoms with Crippen LogP contribution in [0, 0.1) is 5.82 Å². The number of aromatic nitrogens is 3. The van der Waals surface area contributed by atoms with Crippen LogP contribution in [0.25, 0.3) is 0 Å². The highest BCUT2D eigenvalue weighted by molar-refractivity contribution is 9.10. The summed E-state index contributed by atoms with van der Waals surface area (Å²) in [5.74, 6) is 1.09. The number of ether oxygens (including phenoxy) is 2. The summed E-state index contributed by atoms with van der Waals surface area (Å²) in [6.07, 6.45) is 1.65. The molecular formula is C20H18BrFN4O3. The minimum absolute atomic E-state index is 0.124. The van der Waals surface area contributed by atoms with Crippen molar-refractivity contribution in [2.45, 2.75) is 26.0 Å². The number of hydrogen-bond donors (Lipinski definition) is 1. The number of carbonyl (C=O) groups excluding carboxylic acids is 1. The lowest BCUT2D eigenvalue weighted by Crippen LogP contribution is -2.29. The third-order valence-corrected chi connectivity index (χ3v) is 5.10. The minimum atomic E-state index is -0.303. The number of rotatable bonds is 6. The smallest absolute Gasteiger partial charge is 0.229 e. The molecule has 2 aromatic carbocycles. The van der Waals surface area contributed by atoms with E-state index in [1.54, 1.807) is 16.8 Å². The predicted molar refractivity (Wildman–Crippen MR) is 107 cm³/mol. The number of hydrogen-bond acceptors (Lipinski definition) is 5. The first kappa shape index (κ1) is 19.4. The molecule has 0 aliphatic carbocycles. The number of fused-ring (bicyclic) bond motifs is 1. The first-order valence-electron chi connectivity index (χ1n) is 9.08. The van der Waals surface area contributed by atoms with Crippen molar-refractivity contribution in [3.8, 4) is 11.5 Å². The molecule has 1 aromatic heterocycles. The Bertz CT molecular complexity index is 1040. The zero-order valence-electron chi connectivity index (χ0n) is 15.6. The van der Waals surface area contributed by atoms with E-state index in [4.69, 9.17) is 9.47 Å². The van der Waals surface area contributed by atoms with Gasteiger partial charge in [-0.05, 0) is 58.2 Å². The quantitative estimate of drug-likeness (QED) is 0.599. The number of halogens is 2. The molecule has 0 radical (unpaired) electrons. The molecule has 1 N–H and O–H groups in total. The second-order valence-electron chi connectivity index (χ2n) is 6.47. The summed E-state index contributed by atoms with van der Waals surface area (Å²) in [6.45, 7) is 2.59. The van der Waals surface area contributed by atoms with Crippen molar-refractivity contribution in [1.82, 2.24) is 14.8 Å². The maximum atomic E-state index is 13.1. The summed E-state index contributed by atoms with van der Waals surface area (Å²) in [5, 5.41) is 6.94. The van der Waals surface area contributed by atoms with Crippen molar-refractivity contribution in [2.75, 3.05) is 11.9 Å². The molecule has 0 spiro atoms. The molecular weight excluding hydrogens is 443 g/mol. The van der Waals surface area contributed by atoms with Gasteiger partial charge >= 0.3 is 0 Å². The number of anilines is 1. The van der Waals surface area contributed by atoms with Gasteiger partial charge in [0, 0.05) is 0 Å². The Hall–Kier alpha value is -2.94. The maximum Gasteiger partial charge on any atom is 0.229 e. The van der Waals surface area contributed by atoms with Crippen LogP contribution in [-0.2, 0) is 11.4 Å². The van der Waals surface area contributed by atoms with Gasteiger partial charge in [-0.1, -0.05) is 12.1 Å². The molecule has 0 saturated carbocycles. The first-order chi connectivity index (χ1) is 14.0. The van der Waals surface area contributed by atoms with Gasteiger partial charge in [-0.3, -0.25) is 10.1 Å². The molecule has 2 heterocycles. The SMILES string of the molecule is CCOc1cc([C@H]2CC(=O)Nc3ncnn32)cc(Br)c1OCc1ccc(F)cc1. The summed E-state index contributed by atoms with van der Waals surface area (Å²) in [4.78, 5) is 16.1. The van der Waals surface area contributed by atoms with Crippen LogP contribution in [-0.4, -0.2) is 27.3 Å². The fourth-order valence-corrected chi connectivity index (χ4v) is 3.76. The molecule has 1 atom stereocenters. The molecule has 1 aliphatic rings. The van der Waals surface area contributed by atoms with Crippen molar-refractivity contribution in [3.05, 3.63) is 64.1 Å². The molecule has 0 fully saturated rings. The fourth-order valence-electron chi connectivity index (χ4n) is 3.18. The average molecular weight is 461 g/mol. The van der Waals surface area contributed by atoms with Gasteiger partial charge in [-0.15, -0.1) is 0 Å². The normalized spacial score (nSPS) is 15.6. The number of nitrogens with one attached hydrogen (secondary N) is 1. The Morgan fingerprint density at radius 3 is 2.83 bits per heavy atom. The Labute approximate surface area is 175 Å². The van der Waals surface area contributed by atoms with E-state index in [9.17, 15) is 9.18 Å². The topological polar surface area (TPSA) is 78.3 Å². The van der Waals surface area contributed by atoms with Crippen LogP contribution in [0.4, 0.5) is 10.3 Å². The Morgan fingerprint density at radius 1 is 1.28 bits per heavy atom. The Kier molecular flexibility index (Phi) is 5.48. The van der Waals surface area contributed by atoms with E-state index in [1.807, 2.05) is 19.1 Å². The van der Waals surface area contributed by atoms with Gasteiger partial charge in [-0.2, -0.15) is 10.1 Å². The van der Waals surface area contributed by atoms with Crippen molar-refractivity contribution in [3.63, 3.8) is 0 Å². The van der Waals surface area contributed by atoms with Gasteiger partial charge < -0.3 is 9.47 Å². The van der Waals surface area contributed by atoms with Crippen molar-refractivity contribution in [1.29, 1.82) is 0 Å². The highest BCUT2D eigenvalue weighted by Gasteiger charge is 2.29. The largest absolute Gasteiger partial charge is 0.490 e. The van der Waals surface area contributed by atoms with E-state index in [0.29, 0.717) is 28.5 Å². The number of amides is 1.